The number of anilines is 1. The number of amides is 1. The third-order valence-electron chi connectivity index (χ3n) is 5.46. The van der Waals surface area contributed by atoms with E-state index in [9.17, 15) is 26.4 Å². The number of sulfonamides is 1. The van der Waals surface area contributed by atoms with Crippen molar-refractivity contribution in [3.05, 3.63) is 65.0 Å². The fraction of sp³-hybridized carbons (Fsp3) is 0.409. The molecule has 1 saturated heterocycles. The molecule has 0 aliphatic carbocycles. The summed E-state index contributed by atoms with van der Waals surface area (Å²) >= 11 is 0. The highest BCUT2D eigenvalue weighted by Gasteiger charge is 2.33. The predicted octanol–water partition coefficient (Wildman–Crippen LogP) is 3.85. The first-order chi connectivity index (χ1) is 15.0. The summed E-state index contributed by atoms with van der Waals surface area (Å²) in [6.45, 7) is 6.49. The summed E-state index contributed by atoms with van der Waals surface area (Å²) in [5.74, 6) is -4.17. The summed E-state index contributed by atoms with van der Waals surface area (Å²) < 4.78 is 66.0. The van der Waals surface area contributed by atoms with Crippen LogP contribution in [0.15, 0.2) is 36.4 Å². The molecule has 2 atom stereocenters. The number of rotatable bonds is 6. The van der Waals surface area contributed by atoms with Crippen molar-refractivity contribution in [2.75, 3.05) is 23.6 Å². The summed E-state index contributed by atoms with van der Waals surface area (Å²) in [5, 5.41) is 0. The minimum absolute atomic E-state index is 0. The number of carbonyl (C=O) groups excluding carboxylic acids is 1. The maximum Gasteiger partial charge on any atom is 0.254 e. The molecule has 32 heavy (non-hydrogen) atoms. The van der Waals surface area contributed by atoms with Crippen molar-refractivity contribution in [2.45, 2.75) is 39.4 Å². The van der Waals surface area contributed by atoms with Crippen molar-refractivity contribution in [1.29, 1.82) is 0 Å². The van der Waals surface area contributed by atoms with E-state index in [1.54, 1.807) is 29.2 Å². The number of hydrogen-bond acceptors (Lipinski definition) is 4. The molecule has 0 radical (unpaired) electrons. The molecule has 2 aromatic carbocycles. The molecule has 0 spiro atoms. The van der Waals surface area contributed by atoms with Gasteiger partial charge in [-0.3, -0.25) is 14.4 Å². The van der Waals surface area contributed by atoms with Crippen LogP contribution < -0.4 is 4.72 Å². The maximum absolute atomic E-state index is 13.5. The summed E-state index contributed by atoms with van der Waals surface area (Å²) in [4.78, 5) is 16.8. The molecule has 3 rings (SSSR count). The van der Waals surface area contributed by atoms with E-state index < -0.39 is 27.5 Å². The molecule has 1 heterocycles. The van der Waals surface area contributed by atoms with Gasteiger partial charge in [-0.15, -0.1) is 0 Å². The lowest BCUT2D eigenvalue weighted by Crippen LogP contribution is -2.58. The second kappa shape index (κ2) is 9.50. The number of nitrogens with zero attached hydrogens (tertiary/aromatic N) is 2. The van der Waals surface area contributed by atoms with Crippen LogP contribution in [0.25, 0.3) is 0 Å². The van der Waals surface area contributed by atoms with Gasteiger partial charge in [0.1, 0.15) is 0 Å². The second-order valence-corrected chi connectivity index (χ2v) is 10.1. The van der Waals surface area contributed by atoms with E-state index in [1.807, 2.05) is 18.7 Å². The zero-order valence-corrected chi connectivity index (χ0v) is 18.9. The van der Waals surface area contributed by atoms with Gasteiger partial charge < -0.3 is 4.90 Å². The Bertz CT molecular complexity index is 1060. The van der Waals surface area contributed by atoms with Crippen LogP contribution in [0, 0.1) is 17.5 Å². The van der Waals surface area contributed by atoms with Crippen molar-refractivity contribution in [1.82, 2.24) is 9.80 Å². The topological polar surface area (TPSA) is 69.7 Å². The van der Waals surface area contributed by atoms with E-state index in [-0.39, 0.29) is 31.7 Å². The lowest BCUT2D eigenvalue weighted by atomic mass is 10.0. The first-order valence-corrected chi connectivity index (χ1v) is 11.9. The van der Waals surface area contributed by atoms with Crippen molar-refractivity contribution >= 4 is 21.6 Å². The standard InChI is InChI=1S/C22H26F3N3O3S.H2/c1-4-32(30,31)26-18-7-5-17(6-8-18)22(29)28-14(2)11-27(12-15(28)3)13-16-9-19(23)21(25)20(24)10-16;/h5-10,14-15,26H,4,11-13H2,1-3H3;1H. The van der Waals surface area contributed by atoms with E-state index in [0.717, 1.165) is 12.1 Å². The van der Waals surface area contributed by atoms with E-state index in [4.69, 9.17) is 0 Å². The molecule has 0 aromatic heterocycles. The van der Waals surface area contributed by atoms with Crippen LogP contribution in [-0.4, -0.2) is 55.1 Å². The number of carbonyl (C=O) groups is 1. The molecule has 6 nitrogen and oxygen atoms in total. The van der Waals surface area contributed by atoms with Gasteiger partial charge >= 0.3 is 0 Å². The van der Waals surface area contributed by atoms with E-state index in [0.29, 0.717) is 29.9 Å². The summed E-state index contributed by atoms with van der Waals surface area (Å²) in [5.41, 5.74) is 1.14. The lowest BCUT2D eigenvalue weighted by molar-refractivity contribution is 0.0268. The monoisotopic (exact) mass is 471 g/mol. The number of hydrogen-bond donors (Lipinski definition) is 1. The minimum Gasteiger partial charge on any atom is -0.331 e. The number of benzene rings is 2. The lowest BCUT2D eigenvalue weighted by Gasteiger charge is -2.44. The Balaban J connectivity index is 0.00000385. The first kappa shape index (κ1) is 24.1. The van der Waals surface area contributed by atoms with E-state index >= 15 is 0 Å². The zero-order valence-electron chi connectivity index (χ0n) is 18.1. The van der Waals surface area contributed by atoms with Crippen molar-refractivity contribution in [2.24, 2.45) is 0 Å². The van der Waals surface area contributed by atoms with Gasteiger partial charge in [-0.1, -0.05) is 0 Å². The van der Waals surface area contributed by atoms with Gasteiger partial charge in [0, 0.05) is 44.4 Å². The molecule has 0 saturated carbocycles. The average molecular weight is 472 g/mol. The molecule has 1 aliphatic heterocycles. The number of halogens is 3. The van der Waals surface area contributed by atoms with Crippen molar-refractivity contribution in [3.8, 4) is 0 Å². The minimum atomic E-state index is -3.40. The molecule has 1 aliphatic rings. The Morgan fingerprint density at radius 3 is 2.09 bits per heavy atom. The molecular weight excluding hydrogens is 443 g/mol. The highest BCUT2D eigenvalue weighted by Crippen LogP contribution is 2.23. The second-order valence-electron chi connectivity index (χ2n) is 8.06. The van der Waals surface area contributed by atoms with Gasteiger partial charge in [0.05, 0.1) is 5.75 Å². The zero-order chi connectivity index (χ0) is 23.6. The number of nitrogens with one attached hydrogen (secondary N) is 1. The van der Waals surface area contributed by atoms with Crippen LogP contribution in [0.1, 0.15) is 38.1 Å². The van der Waals surface area contributed by atoms with Gasteiger partial charge in [-0.2, -0.15) is 0 Å². The van der Waals surface area contributed by atoms with Gasteiger partial charge in [-0.25, -0.2) is 21.6 Å². The van der Waals surface area contributed by atoms with Crippen LogP contribution in [0.4, 0.5) is 18.9 Å². The van der Waals surface area contributed by atoms with Crippen LogP contribution in [0.2, 0.25) is 0 Å². The molecule has 1 amide bonds. The molecule has 176 valence electrons. The van der Waals surface area contributed by atoms with E-state index in [1.165, 1.54) is 6.92 Å². The summed E-state index contributed by atoms with van der Waals surface area (Å²) in [7, 11) is -3.40. The van der Waals surface area contributed by atoms with Gasteiger partial charge in [0.2, 0.25) is 10.0 Å². The van der Waals surface area contributed by atoms with Gasteiger partial charge in [-0.05, 0) is 62.7 Å². The highest BCUT2D eigenvalue weighted by molar-refractivity contribution is 7.92. The molecule has 2 unspecified atom stereocenters. The molecule has 1 fully saturated rings. The normalized spacial score (nSPS) is 19.8. The maximum atomic E-state index is 13.5. The molecule has 2 aromatic rings. The molecular formula is C22H28F3N3O3S. The third kappa shape index (κ3) is 5.42. The Morgan fingerprint density at radius 1 is 1.06 bits per heavy atom. The first-order valence-electron chi connectivity index (χ1n) is 10.3. The average Bonchev–Trinajstić information content (AvgIpc) is 2.71. The van der Waals surface area contributed by atoms with E-state index in [2.05, 4.69) is 4.72 Å². The smallest absolute Gasteiger partial charge is 0.254 e. The van der Waals surface area contributed by atoms with Gasteiger partial charge in [0.25, 0.3) is 5.91 Å². The summed E-state index contributed by atoms with van der Waals surface area (Å²) in [6.07, 6.45) is 0. The molecule has 10 heteroatoms. The summed E-state index contributed by atoms with van der Waals surface area (Å²) in [6, 6.07) is 7.85. The van der Waals surface area contributed by atoms with Crippen LogP contribution >= 0.6 is 0 Å². The third-order valence-corrected chi connectivity index (χ3v) is 6.77. The largest absolute Gasteiger partial charge is 0.331 e. The number of piperazine rings is 1. The Kier molecular flexibility index (Phi) is 7.14. The quantitative estimate of drug-likeness (QED) is 0.650. The fourth-order valence-electron chi connectivity index (χ4n) is 4.00. The predicted molar refractivity (Wildman–Crippen MR) is 118 cm³/mol. The molecule has 0 bridgehead atoms. The highest BCUT2D eigenvalue weighted by atomic mass is 32.2. The SMILES string of the molecule is CCS(=O)(=O)Nc1ccc(C(=O)N2C(C)CN(Cc3cc(F)c(F)c(F)c3)CC2C)cc1.[HH]. The molecule has 1 N–H and O–H groups in total. The Labute approximate surface area is 187 Å². The van der Waals surface area contributed by atoms with Crippen molar-refractivity contribution < 1.29 is 27.8 Å². The van der Waals surface area contributed by atoms with Gasteiger partial charge in [0.15, 0.2) is 17.5 Å². The van der Waals surface area contributed by atoms with Crippen LogP contribution in [-0.2, 0) is 16.6 Å². The van der Waals surface area contributed by atoms with Crippen LogP contribution in [0.3, 0.4) is 0 Å². The van der Waals surface area contributed by atoms with Crippen molar-refractivity contribution in [3.63, 3.8) is 0 Å². The Morgan fingerprint density at radius 2 is 1.59 bits per heavy atom. The van der Waals surface area contributed by atoms with Crippen LogP contribution in [0.5, 0.6) is 0 Å². The fourth-order valence-corrected chi connectivity index (χ4v) is 4.64. The Hall–Kier alpha value is -2.59.